The van der Waals surface area contributed by atoms with Gasteiger partial charge in [0.1, 0.15) is 12.3 Å². The average molecular weight is 412 g/mol. The normalized spacial score (nSPS) is 16.9. The Hall–Kier alpha value is -2.78. The first-order valence-corrected chi connectivity index (χ1v) is 9.95. The van der Waals surface area contributed by atoms with Crippen molar-refractivity contribution in [1.82, 2.24) is 4.57 Å². The molecule has 2 aromatic rings. The van der Waals surface area contributed by atoms with Crippen LogP contribution in [0.2, 0.25) is 5.02 Å². The van der Waals surface area contributed by atoms with Crippen molar-refractivity contribution in [1.29, 1.82) is 0 Å². The smallest absolute Gasteiger partial charge is 0.302 e. The Bertz CT molecular complexity index is 1080. The van der Waals surface area contributed by atoms with Gasteiger partial charge in [0.05, 0.1) is 12.3 Å². The van der Waals surface area contributed by atoms with Crippen molar-refractivity contribution >= 4 is 34.9 Å². The Balaban J connectivity index is 1.76. The number of aromatic nitrogens is 1. The summed E-state index contributed by atoms with van der Waals surface area (Å²) in [6, 6.07) is 5.20. The van der Waals surface area contributed by atoms with Crippen LogP contribution in [0.1, 0.15) is 48.1 Å². The number of hydrogen-bond acceptors (Lipinski definition) is 3. The van der Waals surface area contributed by atoms with Gasteiger partial charge in [0.15, 0.2) is 0 Å². The minimum absolute atomic E-state index is 0.0810. The highest BCUT2D eigenvalue weighted by Gasteiger charge is 2.37. The van der Waals surface area contributed by atoms with Crippen LogP contribution in [0.15, 0.2) is 18.2 Å². The van der Waals surface area contributed by atoms with Crippen LogP contribution in [0.25, 0.3) is 4.85 Å². The van der Waals surface area contributed by atoms with Gasteiger partial charge in [-0.05, 0) is 29.9 Å². The second-order valence-electron chi connectivity index (χ2n) is 8.41. The van der Waals surface area contributed by atoms with Crippen molar-refractivity contribution in [2.24, 2.45) is 5.41 Å². The maximum Gasteiger partial charge on any atom is 0.302 e. The zero-order valence-corrected chi connectivity index (χ0v) is 17.5. The fraction of sp³-hybridized carbons (Fsp3) is 0.409. The van der Waals surface area contributed by atoms with Gasteiger partial charge in [-0.2, -0.15) is 0 Å². The minimum Gasteiger partial charge on any atom is -0.461 e. The molecule has 1 aromatic heterocycles. The van der Waals surface area contributed by atoms with Crippen molar-refractivity contribution in [3.63, 3.8) is 0 Å². The first-order valence-electron chi connectivity index (χ1n) is 9.57. The van der Waals surface area contributed by atoms with E-state index in [2.05, 4.69) is 23.3 Å². The standard InChI is InChI=1S/C22H22ClN3O3/c1-13(27)29-12-15-16(23)5-6-17(24-4)20(15)26-8-7-25-18(21(26)28)9-14-10-22(2,3)11-19(14)25/h5-6,9H,7-8,10-12H2,1-3H3. The second-order valence-corrected chi connectivity index (χ2v) is 8.82. The number of nitrogens with zero attached hydrogens (tertiary/aromatic N) is 3. The van der Waals surface area contributed by atoms with Crippen LogP contribution in [0, 0.1) is 12.0 Å². The van der Waals surface area contributed by atoms with E-state index in [-0.39, 0.29) is 17.9 Å². The van der Waals surface area contributed by atoms with E-state index in [0.717, 1.165) is 12.8 Å². The van der Waals surface area contributed by atoms with E-state index in [9.17, 15) is 9.59 Å². The molecule has 2 heterocycles. The number of benzene rings is 1. The highest BCUT2D eigenvalue weighted by molar-refractivity contribution is 6.32. The van der Waals surface area contributed by atoms with Gasteiger partial charge in [-0.15, -0.1) is 0 Å². The first kappa shape index (κ1) is 19.5. The van der Waals surface area contributed by atoms with Crippen molar-refractivity contribution in [2.75, 3.05) is 11.4 Å². The summed E-state index contributed by atoms with van der Waals surface area (Å²) in [5, 5.41) is 0.367. The van der Waals surface area contributed by atoms with Gasteiger partial charge in [0, 0.05) is 36.3 Å². The Morgan fingerprint density at radius 2 is 2.07 bits per heavy atom. The molecule has 0 fully saturated rings. The van der Waals surface area contributed by atoms with Gasteiger partial charge < -0.3 is 14.2 Å². The van der Waals surface area contributed by atoms with Crippen LogP contribution in [-0.4, -0.2) is 23.0 Å². The van der Waals surface area contributed by atoms with E-state index >= 15 is 0 Å². The lowest BCUT2D eigenvalue weighted by Crippen LogP contribution is -2.41. The number of carbonyl (C=O) groups is 2. The molecule has 0 radical (unpaired) electrons. The van der Waals surface area contributed by atoms with Gasteiger partial charge in [0.2, 0.25) is 5.69 Å². The molecule has 1 aliphatic heterocycles. The van der Waals surface area contributed by atoms with Crippen LogP contribution in [0.4, 0.5) is 11.4 Å². The lowest BCUT2D eigenvalue weighted by Gasteiger charge is -2.32. The monoisotopic (exact) mass is 411 g/mol. The van der Waals surface area contributed by atoms with E-state index in [1.807, 2.05) is 6.07 Å². The van der Waals surface area contributed by atoms with E-state index in [1.54, 1.807) is 17.0 Å². The number of fused-ring (bicyclic) bond motifs is 3. The fourth-order valence-corrected chi connectivity index (χ4v) is 4.63. The summed E-state index contributed by atoms with van der Waals surface area (Å²) in [7, 11) is 0. The number of hydrogen-bond donors (Lipinski definition) is 0. The summed E-state index contributed by atoms with van der Waals surface area (Å²) >= 11 is 6.36. The summed E-state index contributed by atoms with van der Waals surface area (Å²) in [4.78, 5) is 29.9. The van der Waals surface area contributed by atoms with Crippen LogP contribution in [0.3, 0.4) is 0 Å². The van der Waals surface area contributed by atoms with Crippen molar-refractivity contribution < 1.29 is 14.3 Å². The average Bonchev–Trinajstić information content (AvgIpc) is 3.13. The third-order valence-electron chi connectivity index (χ3n) is 5.64. The lowest BCUT2D eigenvalue weighted by atomic mass is 9.90. The molecule has 7 heteroatoms. The zero-order chi connectivity index (χ0) is 20.9. The minimum atomic E-state index is -0.446. The lowest BCUT2D eigenvalue weighted by molar-refractivity contribution is -0.142. The molecule has 6 nitrogen and oxygen atoms in total. The molecule has 0 bridgehead atoms. The number of halogens is 1. The molecule has 1 amide bonds. The summed E-state index contributed by atoms with van der Waals surface area (Å²) < 4.78 is 7.27. The van der Waals surface area contributed by atoms with Crippen molar-refractivity contribution in [3.05, 3.63) is 57.2 Å². The molecule has 1 aromatic carbocycles. The van der Waals surface area contributed by atoms with Crippen molar-refractivity contribution in [2.45, 2.75) is 46.8 Å². The molecule has 0 spiro atoms. The van der Waals surface area contributed by atoms with E-state index < -0.39 is 5.97 Å². The molecule has 0 atom stereocenters. The number of carbonyl (C=O) groups excluding carboxylic acids is 2. The van der Waals surface area contributed by atoms with Crippen LogP contribution in [0.5, 0.6) is 0 Å². The summed E-state index contributed by atoms with van der Waals surface area (Å²) in [6.45, 7) is 14.4. The van der Waals surface area contributed by atoms with Gasteiger partial charge in [-0.25, -0.2) is 4.85 Å². The highest BCUT2D eigenvalue weighted by atomic mass is 35.5. The largest absolute Gasteiger partial charge is 0.461 e. The number of ether oxygens (including phenoxy) is 1. The molecular weight excluding hydrogens is 390 g/mol. The maximum atomic E-state index is 13.4. The van der Waals surface area contributed by atoms with Crippen molar-refractivity contribution in [3.8, 4) is 0 Å². The van der Waals surface area contributed by atoms with E-state index in [1.165, 1.54) is 18.2 Å². The molecule has 2 aliphatic rings. The summed E-state index contributed by atoms with van der Waals surface area (Å²) in [5.41, 5.74) is 4.58. The predicted molar refractivity (Wildman–Crippen MR) is 110 cm³/mol. The molecule has 29 heavy (non-hydrogen) atoms. The number of rotatable bonds is 3. The third kappa shape index (κ3) is 3.30. The van der Waals surface area contributed by atoms with Crippen LogP contribution in [-0.2, 0) is 35.5 Å². The molecule has 1 aliphatic carbocycles. The second kappa shape index (κ2) is 6.93. The van der Waals surface area contributed by atoms with Crippen LogP contribution < -0.4 is 4.90 Å². The van der Waals surface area contributed by atoms with Gasteiger partial charge >= 0.3 is 5.97 Å². The molecule has 0 N–H and O–H groups in total. The molecule has 4 rings (SSSR count). The van der Waals surface area contributed by atoms with Gasteiger partial charge in [-0.1, -0.05) is 37.6 Å². The highest BCUT2D eigenvalue weighted by Crippen LogP contribution is 2.42. The molecular formula is C22H22ClN3O3. The summed E-state index contributed by atoms with van der Waals surface area (Å²) in [6.07, 6.45) is 1.91. The SMILES string of the molecule is [C-]#[N+]c1ccc(Cl)c(COC(C)=O)c1N1CCn2c(cc3c2CC(C)(C)C3)C1=O. The Morgan fingerprint density at radius 3 is 2.76 bits per heavy atom. The summed E-state index contributed by atoms with van der Waals surface area (Å²) in [5.74, 6) is -0.599. The Morgan fingerprint density at radius 1 is 1.31 bits per heavy atom. The first-order chi connectivity index (χ1) is 13.7. The topological polar surface area (TPSA) is 55.9 Å². The number of anilines is 1. The van der Waals surface area contributed by atoms with E-state index in [4.69, 9.17) is 22.9 Å². The number of amides is 1. The van der Waals surface area contributed by atoms with Gasteiger partial charge in [0.25, 0.3) is 5.91 Å². The zero-order valence-electron chi connectivity index (χ0n) is 16.7. The number of esters is 1. The Labute approximate surface area is 174 Å². The fourth-order valence-electron chi connectivity index (χ4n) is 4.43. The maximum absolute atomic E-state index is 13.4. The van der Waals surface area contributed by atoms with E-state index in [0.29, 0.717) is 40.7 Å². The quantitative estimate of drug-likeness (QED) is 0.550. The third-order valence-corrected chi connectivity index (χ3v) is 5.99. The molecule has 0 unspecified atom stereocenters. The molecule has 150 valence electrons. The Kier molecular flexibility index (Phi) is 4.66. The molecule has 0 saturated heterocycles. The van der Waals surface area contributed by atoms with Crippen LogP contribution >= 0.6 is 11.6 Å². The molecule has 0 saturated carbocycles. The van der Waals surface area contributed by atoms with Gasteiger partial charge in [-0.3, -0.25) is 9.59 Å². The predicted octanol–water partition coefficient (Wildman–Crippen LogP) is 4.54.